The number of aliphatic hydroxyl groups excluding tert-OH is 1. The summed E-state index contributed by atoms with van der Waals surface area (Å²) in [7, 11) is 0. The molecular formula is C20H33NO4. The molecule has 0 aliphatic carbocycles. The zero-order valence-electron chi connectivity index (χ0n) is 15.3. The first-order valence-corrected chi connectivity index (χ1v) is 9.54. The summed E-state index contributed by atoms with van der Waals surface area (Å²) in [6.07, 6.45) is 18.1. The molecule has 0 bridgehead atoms. The number of rotatable bonds is 14. The van der Waals surface area contributed by atoms with Gasteiger partial charge in [-0.3, -0.25) is 4.79 Å². The zero-order valence-corrected chi connectivity index (χ0v) is 15.3. The van der Waals surface area contributed by atoms with E-state index >= 15 is 0 Å². The molecular weight excluding hydrogens is 318 g/mol. The molecule has 5 heteroatoms. The van der Waals surface area contributed by atoms with Crippen LogP contribution in [0.3, 0.4) is 0 Å². The van der Waals surface area contributed by atoms with E-state index in [4.69, 9.17) is 9.94 Å². The van der Waals surface area contributed by atoms with Crippen molar-refractivity contribution in [3.8, 4) is 0 Å². The van der Waals surface area contributed by atoms with Crippen molar-refractivity contribution in [3.63, 3.8) is 0 Å². The molecule has 0 aromatic carbocycles. The van der Waals surface area contributed by atoms with Crippen molar-refractivity contribution in [1.82, 2.24) is 0 Å². The molecule has 1 aliphatic heterocycles. The third-order valence-electron chi connectivity index (χ3n) is 4.36. The molecule has 0 saturated heterocycles. The van der Waals surface area contributed by atoms with Crippen LogP contribution in [0.2, 0.25) is 0 Å². The molecule has 2 unspecified atom stereocenters. The number of oxime groups is 1. The molecule has 0 fully saturated rings. The van der Waals surface area contributed by atoms with E-state index in [2.05, 4.69) is 18.2 Å². The fourth-order valence-corrected chi connectivity index (χ4v) is 2.81. The molecule has 25 heavy (non-hydrogen) atoms. The molecule has 0 aromatic heterocycles. The predicted octanol–water partition coefficient (Wildman–Crippen LogP) is 4.47. The molecule has 142 valence electrons. The van der Waals surface area contributed by atoms with Gasteiger partial charge in [-0.1, -0.05) is 62.1 Å². The van der Waals surface area contributed by atoms with E-state index < -0.39 is 12.1 Å². The first kappa shape index (κ1) is 21.4. The standard InChI is InChI=1S/C20H33NO4/c1-2-3-4-8-11-18(22)14-13-17(19-15-16-21-25-19)10-7-5-6-9-12-20(23)24/h5,7,13-14,16-19,22H,2-4,6,8-12,15H2,1H3,(H,23,24)/b7-5-,14-13+/t17-,18?,19?/m1/s1. The SMILES string of the molecule is CCCCCCC(O)/C=C/[C@@H](C/C=C\CCCC(=O)O)C1CC=NO1. The number of carboxylic acid groups (broad SMARTS) is 1. The minimum atomic E-state index is -0.751. The van der Waals surface area contributed by atoms with Crippen molar-refractivity contribution >= 4 is 12.2 Å². The summed E-state index contributed by atoms with van der Waals surface area (Å²) in [6, 6.07) is 0. The lowest BCUT2D eigenvalue weighted by Crippen LogP contribution is -2.18. The first-order chi connectivity index (χ1) is 12.1. The number of nitrogens with zero attached hydrogens (tertiary/aromatic N) is 1. The second-order valence-electron chi connectivity index (χ2n) is 6.63. The van der Waals surface area contributed by atoms with Crippen LogP contribution >= 0.6 is 0 Å². The summed E-state index contributed by atoms with van der Waals surface area (Å²) in [5.74, 6) is -0.581. The van der Waals surface area contributed by atoms with Gasteiger partial charge in [-0.05, 0) is 25.7 Å². The Morgan fingerprint density at radius 1 is 1.28 bits per heavy atom. The highest BCUT2D eigenvalue weighted by Crippen LogP contribution is 2.22. The van der Waals surface area contributed by atoms with Gasteiger partial charge in [0.05, 0.1) is 6.10 Å². The molecule has 0 aromatic rings. The number of hydrogen-bond acceptors (Lipinski definition) is 4. The van der Waals surface area contributed by atoms with Crippen LogP contribution in [0.5, 0.6) is 0 Å². The summed E-state index contributed by atoms with van der Waals surface area (Å²) >= 11 is 0. The van der Waals surface area contributed by atoms with Crippen molar-refractivity contribution in [2.24, 2.45) is 11.1 Å². The normalized spacial score (nSPS) is 19.5. The smallest absolute Gasteiger partial charge is 0.303 e. The Balaban J connectivity index is 2.37. The maximum absolute atomic E-state index is 10.5. The summed E-state index contributed by atoms with van der Waals surface area (Å²) in [5, 5.41) is 22.6. The molecule has 1 rings (SSSR count). The topological polar surface area (TPSA) is 79.1 Å². The number of unbranched alkanes of at least 4 members (excludes halogenated alkanes) is 4. The molecule has 5 nitrogen and oxygen atoms in total. The minimum absolute atomic E-state index is 0.0206. The van der Waals surface area contributed by atoms with E-state index in [9.17, 15) is 9.90 Å². The van der Waals surface area contributed by atoms with Gasteiger partial charge in [0.1, 0.15) is 6.10 Å². The van der Waals surface area contributed by atoms with Crippen LogP contribution < -0.4 is 0 Å². The Morgan fingerprint density at radius 2 is 2.12 bits per heavy atom. The molecule has 1 heterocycles. The zero-order chi connectivity index (χ0) is 18.3. The Kier molecular flexibility index (Phi) is 11.7. The van der Waals surface area contributed by atoms with E-state index in [1.807, 2.05) is 18.2 Å². The van der Waals surface area contributed by atoms with Crippen molar-refractivity contribution in [2.45, 2.75) is 83.3 Å². The fraction of sp³-hybridized carbons (Fsp3) is 0.700. The third-order valence-corrected chi connectivity index (χ3v) is 4.36. The highest BCUT2D eigenvalue weighted by molar-refractivity contribution is 5.66. The van der Waals surface area contributed by atoms with Crippen LogP contribution in [-0.2, 0) is 9.63 Å². The van der Waals surface area contributed by atoms with Crippen LogP contribution in [0, 0.1) is 5.92 Å². The van der Waals surface area contributed by atoms with Gasteiger partial charge < -0.3 is 15.1 Å². The molecule has 2 N–H and O–H groups in total. The Hall–Kier alpha value is -1.62. The van der Waals surface area contributed by atoms with Gasteiger partial charge in [-0.25, -0.2) is 0 Å². The predicted molar refractivity (Wildman–Crippen MR) is 101 cm³/mol. The molecule has 3 atom stereocenters. The van der Waals surface area contributed by atoms with Gasteiger partial charge in [0.25, 0.3) is 0 Å². The van der Waals surface area contributed by atoms with Crippen LogP contribution in [0.25, 0.3) is 0 Å². The van der Waals surface area contributed by atoms with Crippen molar-refractivity contribution in [3.05, 3.63) is 24.3 Å². The van der Waals surface area contributed by atoms with Gasteiger partial charge in [0.15, 0.2) is 0 Å². The number of carbonyl (C=O) groups is 1. The van der Waals surface area contributed by atoms with E-state index in [1.54, 1.807) is 6.21 Å². The van der Waals surface area contributed by atoms with Crippen LogP contribution in [0.4, 0.5) is 0 Å². The lowest BCUT2D eigenvalue weighted by molar-refractivity contribution is -0.137. The van der Waals surface area contributed by atoms with E-state index in [0.717, 1.165) is 32.1 Å². The van der Waals surface area contributed by atoms with E-state index in [1.165, 1.54) is 19.3 Å². The second kappa shape index (κ2) is 13.6. The monoisotopic (exact) mass is 351 g/mol. The van der Waals surface area contributed by atoms with E-state index in [-0.39, 0.29) is 18.4 Å². The number of aliphatic carboxylic acids is 1. The van der Waals surface area contributed by atoms with Gasteiger partial charge in [-0.15, -0.1) is 0 Å². The summed E-state index contributed by atoms with van der Waals surface area (Å²) < 4.78 is 0. The van der Waals surface area contributed by atoms with Gasteiger partial charge in [0.2, 0.25) is 0 Å². The molecule has 0 radical (unpaired) electrons. The summed E-state index contributed by atoms with van der Waals surface area (Å²) in [6.45, 7) is 2.18. The van der Waals surface area contributed by atoms with Crippen LogP contribution in [0.1, 0.15) is 71.1 Å². The summed E-state index contributed by atoms with van der Waals surface area (Å²) in [4.78, 5) is 15.9. The highest BCUT2D eigenvalue weighted by atomic mass is 16.6. The van der Waals surface area contributed by atoms with Crippen LogP contribution in [-0.4, -0.2) is 34.6 Å². The second-order valence-corrected chi connectivity index (χ2v) is 6.63. The van der Waals surface area contributed by atoms with Gasteiger partial charge in [-0.2, -0.15) is 0 Å². The summed E-state index contributed by atoms with van der Waals surface area (Å²) in [5.41, 5.74) is 0. The van der Waals surface area contributed by atoms with Gasteiger partial charge >= 0.3 is 5.97 Å². The highest BCUT2D eigenvalue weighted by Gasteiger charge is 2.22. The third kappa shape index (κ3) is 10.8. The maximum atomic E-state index is 10.5. The quantitative estimate of drug-likeness (QED) is 0.357. The van der Waals surface area contributed by atoms with Crippen molar-refractivity contribution in [1.29, 1.82) is 0 Å². The van der Waals surface area contributed by atoms with E-state index in [0.29, 0.717) is 6.42 Å². The fourth-order valence-electron chi connectivity index (χ4n) is 2.81. The number of carboxylic acids is 1. The minimum Gasteiger partial charge on any atom is -0.481 e. The Labute approximate surface area is 151 Å². The molecule has 0 spiro atoms. The molecule has 0 amide bonds. The number of allylic oxidation sites excluding steroid dienone is 2. The first-order valence-electron chi connectivity index (χ1n) is 9.54. The largest absolute Gasteiger partial charge is 0.481 e. The van der Waals surface area contributed by atoms with Gasteiger partial charge in [0, 0.05) is 25.0 Å². The average Bonchev–Trinajstić information content (AvgIpc) is 3.11. The molecule has 1 aliphatic rings. The number of hydrogen-bond donors (Lipinski definition) is 2. The Morgan fingerprint density at radius 3 is 2.80 bits per heavy atom. The Bertz CT molecular complexity index is 437. The maximum Gasteiger partial charge on any atom is 0.303 e. The number of aliphatic hydroxyl groups is 1. The van der Waals surface area contributed by atoms with Crippen molar-refractivity contribution in [2.75, 3.05) is 0 Å². The lowest BCUT2D eigenvalue weighted by atomic mass is 9.94. The average molecular weight is 351 g/mol. The molecule has 0 saturated carbocycles. The lowest BCUT2D eigenvalue weighted by Gasteiger charge is -2.17. The van der Waals surface area contributed by atoms with Crippen LogP contribution in [0.15, 0.2) is 29.5 Å². The van der Waals surface area contributed by atoms with Crippen molar-refractivity contribution < 1.29 is 19.8 Å².